The third-order valence-corrected chi connectivity index (χ3v) is 3.80. The number of amides is 1. The molecule has 2 heterocycles. The van der Waals surface area contributed by atoms with Crippen LogP contribution in [-0.2, 0) is 0 Å². The lowest BCUT2D eigenvalue weighted by Gasteiger charge is -2.39. The number of carbonyl (C=O) groups is 1. The molecule has 1 saturated heterocycles. The van der Waals surface area contributed by atoms with Crippen molar-refractivity contribution >= 4 is 5.91 Å². The zero-order valence-corrected chi connectivity index (χ0v) is 12.1. The number of pyridine rings is 1. The molecule has 1 aromatic heterocycles. The first-order chi connectivity index (χ1) is 9.65. The van der Waals surface area contributed by atoms with Crippen LogP contribution in [0.1, 0.15) is 49.0 Å². The van der Waals surface area contributed by atoms with Crippen LogP contribution in [0.4, 0.5) is 0 Å². The molecule has 0 spiro atoms. The Morgan fingerprint density at radius 1 is 1.45 bits per heavy atom. The summed E-state index contributed by atoms with van der Waals surface area (Å²) in [5, 5.41) is 0. The Morgan fingerprint density at radius 2 is 2.15 bits per heavy atom. The summed E-state index contributed by atoms with van der Waals surface area (Å²) in [7, 11) is 0. The van der Waals surface area contributed by atoms with Gasteiger partial charge in [0.2, 0.25) is 0 Å². The minimum Gasteiger partial charge on any atom is -0.333 e. The summed E-state index contributed by atoms with van der Waals surface area (Å²) >= 11 is 0. The minimum absolute atomic E-state index is 0.0495. The molecule has 2 N–H and O–H groups in total. The van der Waals surface area contributed by atoms with Gasteiger partial charge >= 0.3 is 0 Å². The highest BCUT2D eigenvalue weighted by Crippen LogP contribution is 2.25. The SMILES string of the molecule is C[C@@H]1CCC[C@H](C)N1C(=O)c1ccncc1C#CCN. The Hall–Kier alpha value is -1.86. The second-order valence-corrected chi connectivity index (χ2v) is 5.27. The summed E-state index contributed by atoms with van der Waals surface area (Å²) in [6, 6.07) is 2.29. The number of likely N-dealkylation sites (tertiary alicyclic amines) is 1. The average molecular weight is 271 g/mol. The molecule has 0 aromatic carbocycles. The molecular weight excluding hydrogens is 250 g/mol. The quantitative estimate of drug-likeness (QED) is 0.792. The van der Waals surface area contributed by atoms with Crippen LogP contribution in [0.25, 0.3) is 0 Å². The number of aromatic nitrogens is 1. The number of nitrogens with zero attached hydrogens (tertiary/aromatic N) is 2. The van der Waals surface area contributed by atoms with Crippen molar-refractivity contribution in [2.75, 3.05) is 6.54 Å². The highest BCUT2D eigenvalue weighted by molar-refractivity contribution is 5.97. The molecule has 4 heteroatoms. The summed E-state index contributed by atoms with van der Waals surface area (Å²) in [5.74, 6) is 5.78. The molecule has 0 unspecified atom stereocenters. The van der Waals surface area contributed by atoms with Crippen LogP contribution >= 0.6 is 0 Å². The largest absolute Gasteiger partial charge is 0.333 e. The topological polar surface area (TPSA) is 59.2 Å². The molecule has 1 fully saturated rings. The zero-order valence-electron chi connectivity index (χ0n) is 12.1. The van der Waals surface area contributed by atoms with Crippen LogP contribution in [0.5, 0.6) is 0 Å². The van der Waals surface area contributed by atoms with E-state index in [9.17, 15) is 4.79 Å². The van der Waals surface area contributed by atoms with Gasteiger partial charge in [0.05, 0.1) is 17.7 Å². The number of hydrogen-bond donors (Lipinski definition) is 1. The van der Waals surface area contributed by atoms with Crippen LogP contribution in [0.15, 0.2) is 18.5 Å². The van der Waals surface area contributed by atoms with Crippen molar-refractivity contribution < 1.29 is 4.79 Å². The van der Waals surface area contributed by atoms with E-state index >= 15 is 0 Å². The van der Waals surface area contributed by atoms with Crippen molar-refractivity contribution in [2.45, 2.75) is 45.2 Å². The molecule has 0 saturated carbocycles. The number of carbonyl (C=O) groups excluding carboxylic acids is 1. The molecule has 1 aliphatic rings. The maximum Gasteiger partial charge on any atom is 0.255 e. The number of piperidine rings is 1. The predicted molar refractivity (Wildman–Crippen MR) is 79.1 cm³/mol. The maximum atomic E-state index is 12.8. The van der Waals surface area contributed by atoms with Crippen molar-refractivity contribution in [1.29, 1.82) is 0 Å². The van der Waals surface area contributed by atoms with E-state index in [0.29, 0.717) is 11.1 Å². The van der Waals surface area contributed by atoms with Gasteiger partial charge in [0, 0.05) is 24.5 Å². The molecule has 1 aliphatic heterocycles. The van der Waals surface area contributed by atoms with Crippen molar-refractivity contribution in [3.8, 4) is 11.8 Å². The van der Waals surface area contributed by atoms with Gasteiger partial charge in [0.15, 0.2) is 0 Å². The Balaban J connectivity index is 2.33. The van der Waals surface area contributed by atoms with Gasteiger partial charge in [-0.3, -0.25) is 9.78 Å². The zero-order chi connectivity index (χ0) is 14.5. The third kappa shape index (κ3) is 3.00. The van der Waals surface area contributed by atoms with Gasteiger partial charge in [0.25, 0.3) is 5.91 Å². The fourth-order valence-electron chi connectivity index (χ4n) is 2.79. The first kappa shape index (κ1) is 14.5. The lowest BCUT2D eigenvalue weighted by Crippen LogP contribution is -2.47. The molecule has 0 radical (unpaired) electrons. The highest BCUT2D eigenvalue weighted by Gasteiger charge is 2.30. The predicted octanol–water partition coefficient (Wildman–Crippen LogP) is 1.79. The lowest BCUT2D eigenvalue weighted by atomic mass is 9.96. The second-order valence-electron chi connectivity index (χ2n) is 5.27. The first-order valence-electron chi connectivity index (χ1n) is 7.10. The number of rotatable bonds is 1. The summed E-state index contributed by atoms with van der Waals surface area (Å²) in [6.07, 6.45) is 6.58. The van der Waals surface area contributed by atoms with Gasteiger partial charge in [-0.25, -0.2) is 0 Å². The molecule has 1 amide bonds. The van der Waals surface area contributed by atoms with Gasteiger partial charge in [-0.1, -0.05) is 11.8 Å². The summed E-state index contributed by atoms with van der Waals surface area (Å²) in [5.41, 5.74) is 6.69. The average Bonchev–Trinajstić information content (AvgIpc) is 2.45. The lowest BCUT2D eigenvalue weighted by molar-refractivity contribution is 0.0510. The van der Waals surface area contributed by atoms with E-state index in [2.05, 4.69) is 30.7 Å². The van der Waals surface area contributed by atoms with Crippen LogP contribution in [0.2, 0.25) is 0 Å². The van der Waals surface area contributed by atoms with E-state index in [4.69, 9.17) is 5.73 Å². The fourth-order valence-corrected chi connectivity index (χ4v) is 2.79. The Kier molecular flexibility index (Phi) is 4.75. The molecule has 0 aliphatic carbocycles. The smallest absolute Gasteiger partial charge is 0.255 e. The molecule has 0 bridgehead atoms. The van der Waals surface area contributed by atoms with E-state index in [0.717, 1.165) is 12.8 Å². The van der Waals surface area contributed by atoms with E-state index in [1.165, 1.54) is 6.42 Å². The van der Waals surface area contributed by atoms with Crippen LogP contribution in [0, 0.1) is 11.8 Å². The van der Waals surface area contributed by atoms with Gasteiger partial charge in [-0.2, -0.15) is 0 Å². The molecule has 4 nitrogen and oxygen atoms in total. The normalized spacial score (nSPS) is 22.1. The van der Waals surface area contributed by atoms with Gasteiger partial charge in [-0.05, 0) is 39.2 Å². The third-order valence-electron chi connectivity index (χ3n) is 3.80. The van der Waals surface area contributed by atoms with E-state index in [1.807, 2.05) is 4.90 Å². The summed E-state index contributed by atoms with van der Waals surface area (Å²) in [6.45, 7) is 4.50. The van der Waals surface area contributed by atoms with Crippen LogP contribution < -0.4 is 5.73 Å². The monoisotopic (exact) mass is 271 g/mol. The minimum atomic E-state index is 0.0495. The Labute approximate surface area is 120 Å². The highest BCUT2D eigenvalue weighted by atomic mass is 16.2. The standard InChI is InChI=1S/C16H21N3O/c1-12-5-3-6-13(2)19(12)16(20)15-8-10-18-11-14(15)7-4-9-17/h8,10-13H,3,5-6,9,17H2,1-2H3/t12-,13+. The van der Waals surface area contributed by atoms with Gasteiger partial charge in [-0.15, -0.1) is 0 Å². The van der Waals surface area contributed by atoms with E-state index in [-0.39, 0.29) is 24.5 Å². The Bertz CT molecular complexity index is 534. The number of nitrogens with two attached hydrogens (primary N) is 1. The maximum absolute atomic E-state index is 12.8. The fraction of sp³-hybridized carbons (Fsp3) is 0.500. The van der Waals surface area contributed by atoms with Crippen LogP contribution in [0.3, 0.4) is 0 Å². The summed E-state index contributed by atoms with van der Waals surface area (Å²) in [4.78, 5) is 18.8. The molecular formula is C16H21N3O. The van der Waals surface area contributed by atoms with Crippen molar-refractivity contribution in [3.05, 3.63) is 29.6 Å². The second kappa shape index (κ2) is 6.53. The van der Waals surface area contributed by atoms with Crippen LogP contribution in [-0.4, -0.2) is 34.4 Å². The van der Waals surface area contributed by atoms with Crippen molar-refractivity contribution in [3.63, 3.8) is 0 Å². The molecule has 20 heavy (non-hydrogen) atoms. The van der Waals surface area contributed by atoms with Crippen molar-refractivity contribution in [2.24, 2.45) is 5.73 Å². The van der Waals surface area contributed by atoms with Crippen molar-refractivity contribution in [1.82, 2.24) is 9.88 Å². The molecule has 2 rings (SSSR count). The summed E-state index contributed by atoms with van der Waals surface area (Å²) < 4.78 is 0. The van der Waals surface area contributed by atoms with E-state index < -0.39 is 0 Å². The van der Waals surface area contributed by atoms with Gasteiger partial charge in [0.1, 0.15) is 0 Å². The Morgan fingerprint density at radius 3 is 2.80 bits per heavy atom. The number of hydrogen-bond acceptors (Lipinski definition) is 3. The first-order valence-corrected chi connectivity index (χ1v) is 7.10. The molecule has 1 aromatic rings. The molecule has 106 valence electrons. The van der Waals surface area contributed by atoms with E-state index in [1.54, 1.807) is 18.5 Å². The molecule has 2 atom stereocenters. The van der Waals surface area contributed by atoms with Gasteiger partial charge < -0.3 is 10.6 Å².